The molecule has 0 spiro atoms. The zero-order chi connectivity index (χ0) is 8.39. The van der Waals surface area contributed by atoms with Crippen LogP contribution in [-0.4, -0.2) is 20.2 Å². The Labute approximate surface area is 68.7 Å². The van der Waals surface area contributed by atoms with Crippen molar-refractivity contribution in [2.24, 2.45) is 0 Å². The van der Waals surface area contributed by atoms with Crippen LogP contribution in [-0.2, 0) is 0 Å². The number of anilines is 1. The molecule has 0 saturated carbocycles. The van der Waals surface area contributed by atoms with Gasteiger partial charge in [0.1, 0.15) is 11.5 Å². The summed E-state index contributed by atoms with van der Waals surface area (Å²) in [4.78, 5) is 6.53. The highest BCUT2D eigenvalue weighted by Crippen LogP contribution is 2.11. The molecule has 2 aromatic heterocycles. The van der Waals surface area contributed by atoms with Crippen molar-refractivity contribution in [1.82, 2.24) is 20.2 Å². The van der Waals surface area contributed by atoms with Gasteiger partial charge in [-0.1, -0.05) is 0 Å². The number of hydrogen-bond acceptors (Lipinski definition) is 4. The van der Waals surface area contributed by atoms with Crippen LogP contribution in [0, 0.1) is 6.33 Å². The van der Waals surface area contributed by atoms with E-state index in [0.29, 0.717) is 11.5 Å². The van der Waals surface area contributed by atoms with Crippen molar-refractivity contribution in [2.75, 3.05) is 5.73 Å². The van der Waals surface area contributed by atoms with Crippen molar-refractivity contribution in [3.63, 3.8) is 0 Å². The van der Waals surface area contributed by atoms with Crippen LogP contribution in [0.4, 0.5) is 5.82 Å². The maximum absolute atomic E-state index is 5.37. The summed E-state index contributed by atoms with van der Waals surface area (Å²) in [6.07, 6.45) is 4.19. The Bertz CT molecular complexity index is 350. The molecule has 0 unspecified atom stereocenters. The van der Waals surface area contributed by atoms with Crippen LogP contribution >= 0.6 is 0 Å². The zero-order valence-corrected chi connectivity index (χ0v) is 6.15. The third kappa shape index (κ3) is 1.12. The quantitative estimate of drug-likeness (QED) is 0.626. The predicted molar refractivity (Wildman–Crippen MR) is 42.9 cm³/mol. The SMILES string of the molecule is Nc1ccc(-c2cn[c][nH]2)nn1. The lowest BCUT2D eigenvalue weighted by Crippen LogP contribution is -1.93. The number of hydrogen-bond donors (Lipinski definition) is 2. The lowest BCUT2D eigenvalue weighted by atomic mass is 10.3. The summed E-state index contributed by atoms with van der Waals surface area (Å²) in [6.45, 7) is 0. The molecule has 12 heavy (non-hydrogen) atoms. The molecule has 0 fully saturated rings. The van der Waals surface area contributed by atoms with Crippen LogP contribution < -0.4 is 5.73 Å². The summed E-state index contributed by atoms with van der Waals surface area (Å²) < 4.78 is 0. The molecule has 5 heteroatoms. The van der Waals surface area contributed by atoms with Gasteiger partial charge in [-0.3, -0.25) is 0 Å². The minimum absolute atomic E-state index is 0.405. The number of nitrogens with one attached hydrogen (secondary N) is 1. The van der Waals surface area contributed by atoms with E-state index in [9.17, 15) is 0 Å². The number of rotatable bonds is 1. The van der Waals surface area contributed by atoms with Crippen LogP contribution in [0.25, 0.3) is 11.4 Å². The van der Waals surface area contributed by atoms with Crippen molar-refractivity contribution in [1.29, 1.82) is 0 Å². The van der Waals surface area contributed by atoms with E-state index in [1.54, 1.807) is 18.3 Å². The van der Waals surface area contributed by atoms with E-state index >= 15 is 0 Å². The van der Waals surface area contributed by atoms with Gasteiger partial charge in [-0.15, -0.1) is 10.2 Å². The fourth-order valence-electron chi connectivity index (χ4n) is 0.838. The number of nitrogens with two attached hydrogens (primary N) is 1. The summed E-state index contributed by atoms with van der Waals surface area (Å²) >= 11 is 0. The molecule has 5 nitrogen and oxygen atoms in total. The van der Waals surface area contributed by atoms with Gasteiger partial charge in [-0.25, -0.2) is 4.98 Å². The van der Waals surface area contributed by atoms with Gasteiger partial charge in [0.2, 0.25) is 0 Å². The fraction of sp³-hybridized carbons (Fsp3) is 0. The molecule has 0 atom stereocenters. The van der Waals surface area contributed by atoms with Gasteiger partial charge in [-0.2, -0.15) is 0 Å². The highest BCUT2D eigenvalue weighted by molar-refractivity contribution is 5.52. The van der Waals surface area contributed by atoms with Gasteiger partial charge in [0.05, 0.1) is 11.9 Å². The molecular formula is C7H6N5. The maximum atomic E-state index is 5.37. The molecule has 0 aliphatic heterocycles. The number of nitrogens with zero attached hydrogens (tertiary/aromatic N) is 3. The Balaban J connectivity index is 2.43. The third-order valence-corrected chi connectivity index (χ3v) is 1.41. The largest absolute Gasteiger partial charge is 0.382 e. The molecule has 0 bridgehead atoms. The fourth-order valence-corrected chi connectivity index (χ4v) is 0.838. The van der Waals surface area contributed by atoms with Gasteiger partial charge in [0.25, 0.3) is 0 Å². The van der Waals surface area contributed by atoms with Crippen molar-refractivity contribution in [3.8, 4) is 11.4 Å². The van der Waals surface area contributed by atoms with E-state index in [-0.39, 0.29) is 0 Å². The molecule has 2 rings (SSSR count). The second-order valence-corrected chi connectivity index (χ2v) is 2.25. The second kappa shape index (κ2) is 2.61. The van der Waals surface area contributed by atoms with Gasteiger partial charge in [0, 0.05) is 0 Å². The van der Waals surface area contributed by atoms with Crippen molar-refractivity contribution >= 4 is 5.82 Å². The average Bonchev–Trinajstić information content (AvgIpc) is 2.58. The average molecular weight is 160 g/mol. The standard InChI is InChI=1S/C7H6N5/c8-7-2-1-5(11-12-7)6-3-9-4-10-6/h1-3H,(H2,8,12)(H,9,10). The highest BCUT2D eigenvalue weighted by Gasteiger charge is 1.99. The first kappa shape index (κ1) is 6.78. The summed E-state index contributed by atoms with van der Waals surface area (Å²) in [6, 6.07) is 3.45. The highest BCUT2D eigenvalue weighted by atomic mass is 15.1. The van der Waals surface area contributed by atoms with Gasteiger partial charge in [0.15, 0.2) is 6.33 Å². The van der Waals surface area contributed by atoms with Crippen LogP contribution in [0.1, 0.15) is 0 Å². The van der Waals surface area contributed by atoms with E-state index in [2.05, 4.69) is 26.5 Å². The van der Waals surface area contributed by atoms with Crippen molar-refractivity contribution < 1.29 is 0 Å². The van der Waals surface area contributed by atoms with E-state index in [1.165, 1.54) is 0 Å². The molecule has 0 saturated heterocycles. The van der Waals surface area contributed by atoms with Gasteiger partial charge < -0.3 is 10.7 Å². The summed E-state index contributed by atoms with van der Waals surface area (Å²) in [5.41, 5.74) is 6.86. The minimum atomic E-state index is 0.405. The lowest BCUT2D eigenvalue weighted by Gasteiger charge is -1.94. The molecule has 2 heterocycles. The number of aromatic nitrogens is 4. The number of nitrogen functional groups attached to an aromatic ring is 1. The van der Waals surface area contributed by atoms with Gasteiger partial charge in [-0.05, 0) is 12.1 Å². The zero-order valence-electron chi connectivity index (χ0n) is 6.15. The second-order valence-electron chi connectivity index (χ2n) is 2.25. The molecule has 59 valence electrons. The Morgan fingerprint density at radius 3 is 2.83 bits per heavy atom. The molecule has 0 amide bonds. The lowest BCUT2D eigenvalue weighted by molar-refractivity contribution is 1.04. The van der Waals surface area contributed by atoms with E-state index in [0.717, 1.165) is 5.69 Å². The summed E-state index contributed by atoms with van der Waals surface area (Å²) in [5, 5.41) is 7.56. The normalized spacial score (nSPS) is 10.0. The van der Waals surface area contributed by atoms with E-state index < -0.39 is 0 Å². The molecule has 0 aromatic carbocycles. The maximum Gasteiger partial charge on any atom is 0.174 e. The number of H-pyrrole nitrogens is 1. The van der Waals surface area contributed by atoms with Crippen LogP contribution in [0.5, 0.6) is 0 Å². The summed E-state index contributed by atoms with van der Waals surface area (Å²) in [7, 11) is 0. The first-order chi connectivity index (χ1) is 5.86. The van der Waals surface area contributed by atoms with E-state index in [1.807, 2.05) is 0 Å². The molecular weight excluding hydrogens is 154 g/mol. The molecule has 0 aliphatic rings. The van der Waals surface area contributed by atoms with E-state index in [4.69, 9.17) is 5.73 Å². The van der Waals surface area contributed by atoms with Crippen LogP contribution in [0.15, 0.2) is 18.3 Å². The molecule has 3 N–H and O–H groups in total. The van der Waals surface area contributed by atoms with Crippen molar-refractivity contribution in [2.45, 2.75) is 0 Å². The molecule has 2 aromatic rings. The van der Waals surface area contributed by atoms with Crippen LogP contribution in [0.2, 0.25) is 0 Å². The topological polar surface area (TPSA) is 80.5 Å². The van der Waals surface area contributed by atoms with Gasteiger partial charge >= 0.3 is 0 Å². The van der Waals surface area contributed by atoms with Crippen molar-refractivity contribution in [3.05, 3.63) is 24.7 Å². The predicted octanol–water partition coefficient (Wildman–Crippen LogP) is 0.249. The first-order valence-corrected chi connectivity index (χ1v) is 3.37. The summed E-state index contributed by atoms with van der Waals surface area (Å²) in [5.74, 6) is 0.405. The molecule has 0 aliphatic carbocycles. The monoisotopic (exact) mass is 160 g/mol. The van der Waals surface area contributed by atoms with Crippen LogP contribution in [0.3, 0.4) is 0 Å². The molecule has 1 radical (unpaired) electrons. The number of aromatic amines is 1. The Hall–Kier alpha value is -1.91. The Kier molecular flexibility index (Phi) is 1.48. The number of imidazole rings is 1. The minimum Gasteiger partial charge on any atom is -0.382 e. The first-order valence-electron chi connectivity index (χ1n) is 3.37. The smallest absolute Gasteiger partial charge is 0.174 e. The Morgan fingerprint density at radius 1 is 1.33 bits per heavy atom. The Morgan fingerprint density at radius 2 is 2.25 bits per heavy atom. The third-order valence-electron chi connectivity index (χ3n) is 1.41.